The number of primary amides is 1. The van der Waals surface area contributed by atoms with E-state index in [1.165, 1.54) is 0 Å². The second-order valence-electron chi connectivity index (χ2n) is 3.31. The SMILES string of the molecule is CCCNC(C(N)=O)c1ncc(Br)cc1Br. The molecule has 0 fully saturated rings. The average molecular weight is 351 g/mol. The van der Waals surface area contributed by atoms with Gasteiger partial charge >= 0.3 is 0 Å². The number of rotatable bonds is 5. The molecule has 1 atom stereocenters. The van der Waals surface area contributed by atoms with Gasteiger partial charge < -0.3 is 11.1 Å². The van der Waals surface area contributed by atoms with Crippen LogP contribution in [-0.4, -0.2) is 17.4 Å². The summed E-state index contributed by atoms with van der Waals surface area (Å²) >= 11 is 6.67. The van der Waals surface area contributed by atoms with Crippen molar-refractivity contribution in [2.24, 2.45) is 5.73 Å². The lowest BCUT2D eigenvalue weighted by Gasteiger charge is -2.15. The Hall–Kier alpha value is -0.460. The van der Waals surface area contributed by atoms with E-state index in [-0.39, 0.29) is 0 Å². The summed E-state index contributed by atoms with van der Waals surface area (Å²) in [5, 5.41) is 3.06. The Morgan fingerprint density at radius 2 is 2.31 bits per heavy atom. The highest BCUT2D eigenvalue weighted by Gasteiger charge is 2.20. The molecule has 1 unspecified atom stereocenters. The summed E-state index contributed by atoms with van der Waals surface area (Å²) in [4.78, 5) is 15.5. The van der Waals surface area contributed by atoms with Crippen LogP contribution < -0.4 is 11.1 Å². The van der Waals surface area contributed by atoms with Crippen LogP contribution in [0, 0.1) is 0 Å². The maximum atomic E-state index is 11.3. The number of carbonyl (C=O) groups is 1. The fourth-order valence-electron chi connectivity index (χ4n) is 1.26. The molecule has 4 nitrogen and oxygen atoms in total. The Balaban J connectivity index is 2.96. The molecule has 16 heavy (non-hydrogen) atoms. The average Bonchev–Trinajstić information content (AvgIpc) is 2.20. The fraction of sp³-hybridized carbons (Fsp3) is 0.400. The number of hydrogen-bond acceptors (Lipinski definition) is 3. The lowest BCUT2D eigenvalue weighted by molar-refractivity contribution is -0.120. The summed E-state index contributed by atoms with van der Waals surface area (Å²) in [5.74, 6) is -0.427. The van der Waals surface area contributed by atoms with Crippen LogP contribution in [0.3, 0.4) is 0 Å². The zero-order valence-electron chi connectivity index (χ0n) is 8.84. The maximum absolute atomic E-state index is 11.3. The molecule has 0 bridgehead atoms. The summed E-state index contributed by atoms with van der Waals surface area (Å²) in [6, 6.07) is 1.29. The van der Waals surface area contributed by atoms with Gasteiger partial charge in [0.2, 0.25) is 5.91 Å². The molecule has 0 radical (unpaired) electrons. The van der Waals surface area contributed by atoms with Crippen LogP contribution in [0.25, 0.3) is 0 Å². The van der Waals surface area contributed by atoms with Crippen molar-refractivity contribution < 1.29 is 4.79 Å². The number of pyridine rings is 1. The quantitative estimate of drug-likeness (QED) is 0.854. The molecule has 0 saturated heterocycles. The predicted molar refractivity (Wildman–Crippen MR) is 69.9 cm³/mol. The number of aromatic nitrogens is 1. The van der Waals surface area contributed by atoms with Crippen LogP contribution in [0.1, 0.15) is 25.1 Å². The van der Waals surface area contributed by atoms with E-state index in [9.17, 15) is 4.79 Å². The zero-order valence-corrected chi connectivity index (χ0v) is 12.0. The molecule has 1 aromatic heterocycles. The number of amides is 1. The van der Waals surface area contributed by atoms with E-state index in [0.29, 0.717) is 5.69 Å². The molecule has 1 rings (SSSR count). The molecule has 1 amide bonds. The molecular formula is C10H13Br2N3O. The van der Waals surface area contributed by atoms with Crippen molar-refractivity contribution in [1.82, 2.24) is 10.3 Å². The first-order valence-corrected chi connectivity index (χ1v) is 6.48. The molecule has 0 aromatic carbocycles. The molecule has 3 N–H and O–H groups in total. The number of halogens is 2. The highest BCUT2D eigenvalue weighted by molar-refractivity contribution is 9.11. The molecule has 0 saturated carbocycles. The van der Waals surface area contributed by atoms with E-state index in [2.05, 4.69) is 42.2 Å². The second kappa shape index (κ2) is 6.32. The van der Waals surface area contributed by atoms with Gasteiger partial charge in [-0.1, -0.05) is 6.92 Å². The highest BCUT2D eigenvalue weighted by atomic mass is 79.9. The van der Waals surface area contributed by atoms with Crippen LogP contribution in [0.15, 0.2) is 21.2 Å². The summed E-state index contributed by atoms with van der Waals surface area (Å²) < 4.78 is 1.61. The molecule has 0 aliphatic rings. The third-order valence-electron chi connectivity index (χ3n) is 1.99. The van der Waals surface area contributed by atoms with E-state index in [4.69, 9.17) is 5.73 Å². The molecule has 0 spiro atoms. The summed E-state index contributed by atoms with van der Waals surface area (Å²) in [6.45, 7) is 2.74. The van der Waals surface area contributed by atoms with Gasteiger partial charge in [-0.2, -0.15) is 0 Å². The topological polar surface area (TPSA) is 68.0 Å². The van der Waals surface area contributed by atoms with Crippen molar-refractivity contribution in [2.75, 3.05) is 6.54 Å². The van der Waals surface area contributed by atoms with E-state index in [1.807, 2.05) is 13.0 Å². The van der Waals surface area contributed by atoms with E-state index < -0.39 is 11.9 Å². The lowest BCUT2D eigenvalue weighted by Crippen LogP contribution is -2.34. The van der Waals surface area contributed by atoms with Gasteiger partial charge in [-0.05, 0) is 50.9 Å². The van der Waals surface area contributed by atoms with Crippen molar-refractivity contribution in [3.8, 4) is 0 Å². The van der Waals surface area contributed by atoms with Crippen LogP contribution in [0.5, 0.6) is 0 Å². The normalized spacial score (nSPS) is 12.4. The molecule has 1 aromatic rings. The van der Waals surface area contributed by atoms with Crippen molar-refractivity contribution in [2.45, 2.75) is 19.4 Å². The van der Waals surface area contributed by atoms with Gasteiger partial charge in [0.1, 0.15) is 6.04 Å². The largest absolute Gasteiger partial charge is 0.368 e. The van der Waals surface area contributed by atoms with Gasteiger partial charge in [-0.3, -0.25) is 9.78 Å². The monoisotopic (exact) mass is 349 g/mol. The number of carbonyl (C=O) groups excluding carboxylic acids is 1. The Bertz CT molecular complexity index is 384. The molecular weight excluding hydrogens is 338 g/mol. The van der Waals surface area contributed by atoms with Crippen LogP contribution in [0.4, 0.5) is 0 Å². The van der Waals surface area contributed by atoms with E-state index >= 15 is 0 Å². The van der Waals surface area contributed by atoms with E-state index in [0.717, 1.165) is 21.9 Å². The van der Waals surface area contributed by atoms with Gasteiger partial charge in [0.05, 0.1) is 5.69 Å². The summed E-state index contributed by atoms with van der Waals surface area (Å²) in [6.07, 6.45) is 2.57. The molecule has 88 valence electrons. The van der Waals surface area contributed by atoms with Gasteiger partial charge in [0.15, 0.2) is 0 Å². The van der Waals surface area contributed by atoms with Crippen LogP contribution in [0.2, 0.25) is 0 Å². The number of nitrogens with one attached hydrogen (secondary N) is 1. The van der Waals surface area contributed by atoms with E-state index in [1.54, 1.807) is 6.20 Å². The maximum Gasteiger partial charge on any atom is 0.240 e. The molecule has 0 aliphatic heterocycles. The van der Waals surface area contributed by atoms with Crippen LogP contribution >= 0.6 is 31.9 Å². The minimum Gasteiger partial charge on any atom is -0.368 e. The predicted octanol–water partition coefficient (Wildman–Crippen LogP) is 2.13. The van der Waals surface area contributed by atoms with Gasteiger partial charge in [0, 0.05) is 15.1 Å². The van der Waals surface area contributed by atoms with Crippen molar-refractivity contribution in [1.29, 1.82) is 0 Å². The third kappa shape index (κ3) is 3.54. The van der Waals surface area contributed by atoms with Crippen molar-refractivity contribution in [3.63, 3.8) is 0 Å². The molecule has 1 heterocycles. The Morgan fingerprint density at radius 1 is 1.62 bits per heavy atom. The van der Waals surface area contributed by atoms with Crippen molar-refractivity contribution >= 4 is 37.8 Å². The first kappa shape index (κ1) is 13.6. The molecule has 6 heteroatoms. The standard InChI is InChI=1S/C10H13Br2N3O/c1-2-3-14-9(10(13)16)8-7(12)4-6(11)5-15-8/h4-5,9,14H,2-3H2,1H3,(H2,13,16). The lowest BCUT2D eigenvalue weighted by atomic mass is 10.1. The minimum atomic E-state index is -0.553. The van der Waals surface area contributed by atoms with Gasteiger partial charge in [0.25, 0.3) is 0 Å². The summed E-state index contributed by atoms with van der Waals surface area (Å²) in [7, 11) is 0. The van der Waals surface area contributed by atoms with Crippen molar-refractivity contribution in [3.05, 3.63) is 26.9 Å². The number of hydrogen-bond donors (Lipinski definition) is 2. The molecule has 0 aliphatic carbocycles. The Labute approximate surface area is 111 Å². The number of nitrogens with zero attached hydrogens (tertiary/aromatic N) is 1. The van der Waals surface area contributed by atoms with Gasteiger partial charge in [-0.15, -0.1) is 0 Å². The zero-order chi connectivity index (χ0) is 12.1. The fourth-order valence-corrected chi connectivity index (χ4v) is 2.47. The first-order valence-electron chi connectivity index (χ1n) is 4.90. The Kier molecular flexibility index (Phi) is 5.37. The third-order valence-corrected chi connectivity index (χ3v) is 3.06. The smallest absolute Gasteiger partial charge is 0.240 e. The minimum absolute atomic E-state index is 0.427. The second-order valence-corrected chi connectivity index (χ2v) is 5.08. The highest BCUT2D eigenvalue weighted by Crippen LogP contribution is 2.24. The Morgan fingerprint density at radius 3 is 2.81 bits per heavy atom. The van der Waals surface area contributed by atoms with Crippen LogP contribution in [-0.2, 0) is 4.79 Å². The van der Waals surface area contributed by atoms with Gasteiger partial charge in [-0.25, -0.2) is 0 Å². The first-order chi connectivity index (χ1) is 7.56. The number of nitrogens with two attached hydrogens (primary N) is 1. The summed E-state index contributed by atoms with van der Waals surface area (Å²) in [5.41, 5.74) is 5.96.